The summed E-state index contributed by atoms with van der Waals surface area (Å²) in [6.45, 7) is 5.68. The molecule has 1 atom stereocenters. The predicted octanol–water partition coefficient (Wildman–Crippen LogP) is 5.43. The van der Waals surface area contributed by atoms with Gasteiger partial charge in [0.1, 0.15) is 6.17 Å². The molecule has 3 aliphatic rings. The average molecular weight is 564 g/mol. The number of carbonyl (C=O) groups excluding carboxylic acids is 1. The number of nitrogens with one attached hydrogen (secondary N) is 3. The van der Waals surface area contributed by atoms with Crippen LogP contribution in [0.15, 0.2) is 21.8 Å². The van der Waals surface area contributed by atoms with E-state index >= 15 is 0 Å². The highest BCUT2D eigenvalue weighted by molar-refractivity contribution is 7.98. The summed E-state index contributed by atoms with van der Waals surface area (Å²) in [7, 11) is 0. The van der Waals surface area contributed by atoms with E-state index in [0.717, 1.165) is 36.3 Å². The number of hydrogen-bond acceptors (Lipinski definition) is 6. The smallest absolute Gasteiger partial charge is 0.254 e. The number of carbonyl (C=O) groups is 1. The SMILES string of the molecule is CSc1cc(C)[nH]c(=O)c1CNC(=O)c1cc(Cl)c2c(c1C)OC(C)([C@H]1CC[C@@H](N[C@H]3C[C@H](F)C3)CC1)O2. The number of fused-ring (bicyclic) bond motifs is 1. The Balaban J connectivity index is 1.26. The molecule has 2 saturated carbocycles. The minimum Gasteiger partial charge on any atom is -0.448 e. The van der Waals surface area contributed by atoms with Crippen LogP contribution in [0.25, 0.3) is 0 Å². The Bertz CT molecular complexity index is 1290. The third kappa shape index (κ3) is 5.29. The van der Waals surface area contributed by atoms with Crippen LogP contribution in [0.4, 0.5) is 4.39 Å². The lowest BCUT2D eigenvalue weighted by Gasteiger charge is -2.40. The molecule has 5 rings (SSSR count). The highest BCUT2D eigenvalue weighted by Gasteiger charge is 2.47. The largest absolute Gasteiger partial charge is 0.448 e. The molecular formula is C28H35ClFN3O4S. The minimum atomic E-state index is -0.875. The zero-order chi connectivity index (χ0) is 27.2. The molecule has 206 valence electrons. The number of H-pyrrole nitrogens is 1. The van der Waals surface area contributed by atoms with Crippen molar-refractivity contribution >= 4 is 29.3 Å². The number of aromatic nitrogens is 1. The van der Waals surface area contributed by atoms with Gasteiger partial charge >= 0.3 is 0 Å². The van der Waals surface area contributed by atoms with Crippen LogP contribution < -0.4 is 25.7 Å². The highest BCUT2D eigenvalue weighted by Crippen LogP contribution is 2.51. The second kappa shape index (κ2) is 10.7. The molecule has 1 aromatic heterocycles. The minimum absolute atomic E-state index is 0.0952. The number of aromatic amines is 1. The molecule has 7 nitrogen and oxygen atoms in total. The van der Waals surface area contributed by atoms with Crippen LogP contribution in [0.1, 0.15) is 72.6 Å². The zero-order valence-electron chi connectivity index (χ0n) is 22.2. The number of ether oxygens (including phenoxy) is 2. The summed E-state index contributed by atoms with van der Waals surface area (Å²) in [6, 6.07) is 4.19. The van der Waals surface area contributed by atoms with E-state index in [1.165, 1.54) is 11.8 Å². The number of thioether (sulfide) groups is 1. The normalized spacial score (nSPS) is 28.2. The van der Waals surface area contributed by atoms with Gasteiger partial charge in [0.15, 0.2) is 11.5 Å². The molecule has 0 bridgehead atoms. The summed E-state index contributed by atoms with van der Waals surface area (Å²) >= 11 is 8.06. The molecule has 2 aromatic rings. The second-order valence-electron chi connectivity index (χ2n) is 10.9. The second-order valence-corrected chi connectivity index (χ2v) is 12.2. The molecule has 0 radical (unpaired) electrons. The van der Waals surface area contributed by atoms with Crippen molar-refractivity contribution in [2.75, 3.05) is 6.26 Å². The molecule has 2 heterocycles. The van der Waals surface area contributed by atoms with E-state index in [2.05, 4.69) is 15.6 Å². The molecule has 38 heavy (non-hydrogen) atoms. The predicted molar refractivity (Wildman–Crippen MR) is 147 cm³/mol. The van der Waals surface area contributed by atoms with Gasteiger partial charge in [-0.25, -0.2) is 4.39 Å². The topological polar surface area (TPSA) is 92.5 Å². The zero-order valence-corrected chi connectivity index (χ0v) is 23.8. The molecule has 0 spiro atoms. The van der Waals surface area contributed by atoms with Gasteiger partial charge in [0.25, 0.3) is 17.3 Å². The number of pyridine rings is 1. The van der Waals surface area contributed by atoms with Crippen LogP contribution in [-0.2, 0) is 6.54 Å². The van der Waals surface area contributed by atoms with Crippen molar-refractivity contribution < 1.29 is 18.7 Å². The van der Waals surface area contributed by atoms with Gasteiger partial charge in [0.2, 0.25) is 0 Å². The highest BCUT2D eigenvalue weighted by atomic mass is 35.5. The summed E-state index contributed by atoms with van der Waals surface area (Å²) in [4.78, 5) is 29.3. The summed E-state index contributed by atoms with van der Waals surface area (Å²) in [5.74, 6) is -0.0955. The number of alkyl halides is 1. The van der Waals surface area contributed by atoms with Gasteiger partial charge in [-0.2, -0.15) is 0 Å². The summed E-state index contributed by atoms with van der Waals surface area (Å²) in [5, 5.41) is 6.78. The summed E-state index contributed by atoms with van der Waals surface area (Å²) in [6.07, 6.45) is 6.28. The van der Waals surface area contributed by atoms with Crippen LogP contribution >= 0.6 is 23.4 Å². The van der Waals surface area contributed by atoms with E-state index in [1.54, 1.807) is 6.07 Å². The Morgan fingerprint density at radius 2 is 1.84 bits per heavy atom. The van der Waals surface area contributed by atoms with Crippen LogP contribution in [0.5, 0.6) is 11.5 Å². The Hall–Kier alpha value is -2.23. The lowest BCUT2D eigenvalue weighted by molar-refractivity contribution is -0.121. The number of amides is 1. The van der Waals surface area contributed by atoms with Gasteiger partial charge < -0.3 is 25.1 Å². The fraction of sp³-hybridized carbons (Fsp3) is 0.571. The molecule has 0 saturated heterocycles. The molecule has 1 unspecified atom stereocenters. The Labute approximate surface area is 231 Å². The molecule has 2 aliphatic carbocycles. The van der Waals surface area contributed by atoms with E-state index in [4.69, 9.17) is 21.1 Å². The third-order valence-corrected chi connectivity index (χ3v) is 9.27. The maximum Gasteiger partial charge on any atom is 0.254 e. The van der Waals surface area contributed by atoms with Crippen LogP contribution in [-0.4, -0.2) is 41.2 Å². The van der Waals surface area contributed by atoms with Crippen molar-refractivity contribution in [1.29, 1.82) is 0 Å². The number of hydrogen-bond donors (Lipinski definition) is 3. The standard InChI is InChI=1S/C28H35ClFN3O4S/c1-14-9-23(38-4)21(27(35)32-14)13-31-26(34)20-12-22(29)25-24(15(20)2)36-28(3,37-25)16-5-7-18(8-6-16)33-19-10-17(30)11-19/h9,12,16-19,33H,5-8,10-11,13H2,1-4H3,(H,31,34)(H,32,35)/t16-,17-,18+,19-,28?. The first-order valence-electron chi connectivity index (χ1n) is 13.2. The van der Waals surface area contributed by atoms with Crippen molar-refractivity contribution in [3.8, 4) is 11.5 Å². The van der Waals surface area contributed by atoms with Gasteiger partial charge in [-0.1, -0.05) is 11.6 Å². The Morgan fingerprint density at radius 1 is 1.16 bits per heavy atom. The van der Waals surface area contributed by atoms with Crippen LogP contribution in [0.2, 0.25) is 5.02 Å². The van der Waals surface area contributed by atoms with E-state index in [-0.39, 0.29) is 23.9 Å². The van der Waals surface area contributed by atoms with Crippen molar-refractivity contribution in [3.05, 3.63) is 49.9 Å². The average Bonchev–Trinajstić information content (AvgIpc) is 3.24. The molecule has 3 N–H and O–H groups in total. The molecule has 1 amide bonds. The van der Waals surface area contributed by atoms with Gasteiger partial charge in [-0.3, -0.25) is 9.59 Å². The van der Waals surface area contributed by atoms with E-state index in [1.807, 2.05) is 33.1 Å². The first-order chi connectivity index (χ1) is 18.1. The Kier molecular flexibility index (Phi) is 7.73. The van der Waals surface area contributed by atoms with Crippen molar-refractivity contribution in [3.63, 3.8) is 0 Å². The maximum atomic E-state index is 13.2. The van der Waals surface area contributed by atoms with Gasteiger partial charge in [0, 0.05) is 58.7 Å². The van der Waals surface area contributed by atoms with Crippen molar-refractivity contribution in [2.24, 2.45) is 5.92 Å². The number of aryl methyl sites for hydroxylation is 1. The first kappa shape index (κ1) is 27.3. The number of halogens is 2. The van der Waals surface area contributed by atoms with Gasteiger partial charge in [-0.15, -0.1) is 11.8 Å². The summed E-state index contributed by atoms with van der Waals surface area (Å²) < 4.78 is 25.9. The maximum absolute atomic E-state index is 13.2. The molecule has 10 heteroatoms. The lowest BCUT2D eigenvalue weighted by Crippen LogP contribution is -2.51. The van der Waals surface area contributed by atoms with Gasteiger partial charge in [0.05, 0.1) is 5.02 Å². The molecule has 2 fully saturated rings. The number of rotatable bonds is 7. The monoisotopic (exact) mass is 563 g/mol. The summed E-state index contributed by atoms with van der Waals surface area (Å²) in [5.41, 5.74) is 2.11. The molecule has 1 aliphatic heterocycles. The molecular weight excluding hydrogens is 529 g/mol. The third-order valence-electron chi connectivity index (χ3n) is 8.19. The van der Waals surface area contributed by atoms with Crippen molar-refractivity contribution in [2.45, 2.75) is 94.8 Å². The fourth-order valence-electron chi connectivity index (χ4n) is 5.85. The van der Waals surface area contributed by atoms with Crippen LogP contribution in [0, 0.1) is 19.8 Å². The lowest BCUT2D eigenvalue weighted by atomic mass is 9.80. The fourth-order valence-corrected chi connectivity index (χ4v) is 6.79. The number of benzene rings is 1. The van der Waals surface area contributed by atoms with Crippen molar-refractivity contribution in [1.82, 2.24) is 15.6 Å². The van der Waals surface area contributed by atoms with E-state index < -0.39 is 12.0 Å². The first-order valence-corrected chi connectivity index (χ1v) is 14.8. The van der Waals surface area contributed by atoms with Crippen LogP contribution in [0.3, 0.4) is 0 Å². The Morgan fingerprint density at radius 3 is 2.50 bits per heavy atom. The van der Waals surface area contributed by atoms with Gasteiger partial charge in [-0.05, 0) is 70.8 Å². The molecule has 1 aromatic carbocycles. The van der Waals surface area contributed by atoms with E-state index in [0.29, 0.717) is 58.1 Å². The van der Waals surface area contributed by atoms with E-state index in [9.17, 15) is 14.0 Å². The quantitative estimate of drug-likeness (QED) is 0.389.